The van der Waals surface area contributed by atoms with E-state index in [4.69, 9.17) is 0 Å². The first-order chi connectivity index (χ1) is 15.0. The van der Waals surface area contributed by atoms with Gasteiger partial charge in [0.15, 0.2) is 0 Å². The lowest BCUT2D eigenvalue weighted by Crippen LogP contribution is -2.21. The summed E-state index contributed by atoms with van der Waals surface area (Å²) in [5.74, 6) is -3.17. The summed E-state index contributed by atoms with van der Waals surface area (Å²) in [6, 6.07) is 9.27. The standard InChI is InChI=1S/C23H15F5N2O2/c1-11-5-6-14(24)10-17(11)20-19-16(22(32)30-20)3-2-4-18(19)29-21(31)12-7-13(23(26,27)28)9-15(25)8-12/h2-10,20H,1H3,(H,29,31)(H,30,32). The van der Waals surface area contributed by atoms with Crippen LogP contribution in [0.15, 0.2) is 54.6 Å². The van der Waals surface area contributed by atoms with Crippen LogP contribution in [-0.2, 0) is 6.18 Å². The van der Waals surface area contributed by atoms with Crippen molar-refractivity contribution in [1.29, 1.82) is 0 Å². The second-order valence-electron chi connectivity index (χ2n) is 7.35. The van der Waals surface area contributed by atoms with Gasteiger partial charge in [-0.3, -0.25) is 9.59 Å². The Morgan fingerprint density at radius 3 is 2.47 bits per heavy atom. The highest BCUT2D eigenvalue weighted by molar-refractivity contribution is 6.07. The zero-order chi connectivity index (χ0) is 23.2. The number of carbonyl (C=O) groups is 2. The number of hydrogen-bond donors (Lipinski definition) is 2. The van der Waals surface area contributed by atoms with Crippen LogP contribution >= 0.6 is 0 Å². The molecule has 0 radical (unpaired) electrons. The lowest BCUT2D eigenvalue weighted by atomic mass is 9.93. The van der Waals surface area contributed by atoms with Gasteiger partial charge >= 0.3 is 6.18 Å². The highest BCUT2D eigenvalue weighted by Crippen LogP contribution is 2.38. The normalized spacial score (nSPS) is 15.3. The van der Waals surface area contributed by atoms with Crippen molar-refractivity contribution in [1.82, 2.24) is 5.32 Å². The van der Waals surface area contributed by atoms with Crippen molar-refractivity contribution >= 4 is 17.5 Å². The molecule has 1 aliphatic heterocycles. The molecule has 4 rings (SSSR count). The van der Waals surface area contributed by atoms with Crippen LogP contribution < -0.4 is 10.6 Å². The average molecular weight is 446 g/mol. The first-order valence-electron chi connectivity index (χ1n) is 9.43. The number of aryl methyl sites for hydroxylation is 1. The molecule has 2 amide bonds. The first kappa shape index (κ1) is 21.5. The molecule has 1 atom stereocenters. The minimum absolute atomic E-state index is 0.136. The summed E-state index contributed by atoms with van der Waals surface area (Å²) >= 11 is 0. The van der Waals surface area contributed by atoms with Crippen LogP contribution in [0.4, 0.5) is 27.6 Å². The minimum Gasteiger partial charge on any atom is -0.341 e. The fraction of sp³-hybridized carbons (Fsp3) is 0.130. The van der Waals surface area contributed by atoms with E-state index in [9.17, 15) is 31.5 Å². The number of nitrogens with one attached hydrogen (secondary N) is 2. The molecule has 2 N–H and O–H groups in total. The summed E-state index contributed by atoms with van der Waals surface area (Å²) in [4.78, 5) is 25.1. The number of alkyl halides is 3. The number of fused-ring (bicyclic) bond motifs is 1. The van der Waals surface area contributed by atoms with Gasteiger partial charge in [-0.2, -0.15) is 13.2 Å². The minimum atomic E-state index is -4.83. The third kappa shape index (κ3) is 3.93. The molecule has 4 nitrogen and oxygen atoms in total. The van der Waals surface area contributed by atoms with Crippen molar-refractivity contribution in [3.63, 3.8) is 0 Å². The predicted molar refractivity (Wildman–Crippen MR) is 106 cm³/mol. The van der Waals surface area contributed by atoms with Gasteiger partial charge in [0.25, 0.3) is 11.8 Å². The van der Waals surface area contributed by atoms with Gasteiger partial charge in [0, 0.05) is 22.4 Å². The molecule has 1 unspecified atom stereocenters. The third-order valence-electron chi connectivity index (χ3n) is 5.20. The van der Waals surface area contributed by atoms with E-state index in [1.807, 2.05) is 0 Å². The van der Waals surface area contributed by atoms with E-state index < -0.39 is 46.8 Å². The molecule has 0 spiro atoms. The number of carbonyl (C=O) groups excluding carboxylic acids is 2. The topological polar surface area (TPSA) is 58.2 Å². The van der Waals surface area contributed by atoms with Crippen LogP contribution in [0.2, 0.25) is 0 Å². The molecule has 0 fully saturated rings. The molecule has 3 aromatic rings. The number of hydrogen-bond acceptors (Lipinski definition) is 2. The molecule has 32 heavy (non-hydrogen) atoms. The summed E-state index contributed by atoms with van der Waals surface area (Å²) in [6.07, 6.45) is -4.83. The van der Waals surface area contributed by atoms with Gasteiger partial charge in [-0.25, -0.2) is 8.78 Å². The lowest BCUT2D eigenvalue weighted by Gasteiger charge is -2.19. The zero-order valence-corrected chi connectivity index (χ0v) is 16.5. The van der Waals surface area contributed by atoms with Gasteiger partial charge < -0.3 is 10.6 Å². The van der Waals surface area contributed by atoms with Crippen molar-refractivity contribution in [2.75, 3.05) is 5.32 Å². The van der Waals surface area contributed by atoms with Crippen LogP contribution in [0.25, 0.3) is 0 Å². The lowest BCUT2D eigenvalue weighted by molar-refractivity contribution is -0.137. The maximum absolute atomic E-state index is 13.9. The second-order valence-corrected chi connectivity index (χ2v) is 7.35. The van der Waals surface area contributed by atoms with Crippen molar-refractivity contribution in [3.8, 4) is 0 Å². The quantitative estimate of drug-likeness (QED) is 0.531. The fourth-order valence-electron chi connectivity index (χ4n) is 3.70. The summed E-state index contributed by atoms with van der Waals surface area (Å²) in [6.45, 7) is 1.73. The van der Waals surface area contributed by atoms with Crippen molar-refractivity contribution in [3.05, 3.63) is 99.6 Å². The van der Waals surface area contributed by atoms with E-state index >= 15 is 0 Å². The summed E-state index contributed by atoms with van der Waals surface area (Å²) in [5.41, 5.74) is 0.0160. The van der Waals surface area contributed by atoms with E-state index in [-0.39, 0.29) is 11.3 Å². The van der Waals surface area contributed by atoms with Crippen LogP contribution in [0.3, 0.4) is 0 Å². The molecular weight excluding hydrogens is 431 g/mol. The number of halogens is 5. The maximum atomic E-state index is 13.9. The number of anilines is 1. The molecule has 164 valence electrons. The summed E-state index contributed by atoms with van der Waals surface area (Å²) < 4.78 is 66.6. The van der Waals surface area contributed by atoms with Crippen molar-refractivity contribution in [2.24, 2.45) is 0 Å². The highest BCUT2D eigenvalue weighted by atomic mass is 19.4. The molecule has 0 saturated carbocycles. The van der Waals surface area contributed by atoms with E-state index in [0.717, 1.165) is 0 Å². The molecule has 9 heteroatoms. The van der Waals surface area contributed by atoms with Crippen molar-refractivity contribution in [2.45, 2.75) is 19.1 Å². The zero-order valence-electron chi connectivity index (χ0n) is 16.5. The molecule has 0 saturated heterocycles. The van der Waals surface area contributed by atoms with Crippen LogP contribution in [0.1, 0.15) is 49.0 Å². The van der Waals surface area contributed by atoms with Crippen LogP contribution in [0.5, 0.6) is 0 Å². The molecule has 0 aromatic heterocycles. The molecule has 3 aromatic carbocycles. The molecule has 0 aliphatic carbocycles. The Labute approximate surface area is 179 Å². The number of amides is 2. The Bertz CT molecular complexity index is 1250. The first-order valence-corrected chi connectivity index (χ1v) is 9.43. The average Bonchev–Trinajstić information content (AvgIpc) is 3.06. The molecule has 0 bridgehead atoms. The molecule has 1 aliphatic rings. The van der Waals surface area contributed by atoms with Crippen LogP contribution in [-0.4, -0.2) is 11.8 Å². The monoisotopic (exact) mass is 446 g/mol. The summed E-state index contributed by atoms with van der Waals surface area (Å²) in [5, 5.41) is 5.19. The number of rotatable bonds is 3. The van der Waals surface area contributed by atoms with E-state index in [1.165, 1.54) is 30.3 Å². The van der Waals surface area contributed by atoms with E-state index in [1.54, 1.807) is 13.0 Å². The fourth-order valence-corrected chi connectivity index (χ4v) is 3.70. The Balaban J connectivity index is 1.75. The SMILES string of the molecule is Cc1ccc(F)cc1C1NC(=O)c2cccc(NC(=O)c3cc(F)cc(C(F)(F)F)c3)c21. The second kappa shape index (κ2) is 7.74. The maximum Gasteiger partial charge on any atom is 0.416 e. The third-order valence-corrected chi connectivity index (χ3v) is 5.20. The Morgan fingerprint density at radius 2 is 1.75 bits per heavy atom. The van der Waals surface area contributed by atoms with Gasteiger partial charge in [-0.15, -0.1) is 0 Å². The van der Waals surface area contributed by atoms with Gasteiger partial charge in [0.05, 0.1) is 11.6 Å². The largest absolute Gasteiger partial charge is 0.416 e. The van der Waals surface area contributed by atoms with Crippen LogP contribution in [0, 0.1) is 18.6 Å². The molecular formula is C23H15F5N2O2. The van der Waals surface area contributed by atoms with Gasteiger partial charge in [-0.1, -0.05) is 12.1 Å². The van der Waals surface area contributed by atoms with Gasteiger partial charge in [-0.05, 0) is 60.5 Å². The van der Waals surface area contributed by atoms with E-state index in [2.05, 4.69) is 10.6 Å². The Kier molecular flexibility index (Phi) is 5.20. The summed E-state index contributed by atoms with van der Waals surface area (Å²) in [7, 11) is 0. The van der Waals surface area contributed by atoms with E-state index in [0.29, 0.717) is 34.9 Å². The number of benzene rings is 3. The van der Waals surface area contributed by atoms with Crippen molar-refractivity contribution < 1.29 is 31.5 Å². The Hall–Kier alpha value is -3.75. The van der Waals surface area contributed by atoms with Gasteiger partial charge in [0.2, 0.25) is 0 Å². The predicted octanol–water partition coefficient (Wildman–Crippen LogP) is 5.38. The Morgan fingerprint density at radius 1 is 1.00 bits per heavy atom. The highest BCUT2D eigenvalue weighted by Gasteiger charge is 2.34. The smallest absolute Gasteiger partial charge is 0.341 e. The van der Waals surface area contributed by atoms with Gasteiger partial charge in [0.1, 0.15) is 11.6 Å². The molecule has 1 heterocycles.